The van der Waals surface area contributed by atoms with E-state index in [1.807, 2.05) is 32.9 Å². The lowest BCUT2D eigenvalue weighted by atomic mass is 9.96. The summed E-state index contributed by atoms with van der Waals surface area (Å²) in [6, 6.07) is 9.21. The summed E-state index contributed by atoms with van der Waals surface area (Å²) in [5, 5.41) is 8.99. The molecule has 0 aliphatic rings. The van der Waals surface area contributed by atoms with Crippen LogP contribution in [0.5, 0.6) is 0 Å². The molecule has 2 aromatic heterocycles. The van der Waals surface area contributed by atoms with Crippen LogP contribution in [0.25, 0.3) is 11.4 Å². The SMILES string of the molecule is CCc1ccc(-c2cc(C#N)ccn2)nc1C(=O)C(C)CC. The second kappa shape index (κ2) is 6.95. The van der Waals surface area contributed by atoms with Crippen molar-refractivity contribution in [3.8, 4) is 17.5 Å². The van der Waals surface area contributed by atoms with Gasteiger partial charge in [-0.1, -0.05) is 26.8 Å². The van der Waals surface area contributed by atoms with Crippen molar-refractivity contribution in [1.29, 1.82) is 5.26 Å². The van der Waals surface area contributed by atoms with Crippen LogP contribution >= 0.6 is 0 Å². The van der Waals surface area contributed by atoms with Crippen LogP contribution in [0.4, 0.5) is 0 Å². The van der Waals surface area contributed by atoms with Gasteiger partial charge in [0, 0.05) is 12.1 Å². The highest BCUT2D eigenvalue weighted by atomic mass is 16.1. The summed E-state index contributed by atoms with van der Waals surface area (Å²) in [5.74, 6) is 0.0177. The van der Waals surface area contributed by atoms with Crippen molar-refractivity contribution in [1.82, 2.24) is 9.97 Å². The number of nitriles is 1. The second-order valence-corrected chi connectivity index (χ2v) is 5.27. The molecule has 2 rings (SSSR count). The van der Waals surface area contributed by atoms with Crippen LogP contribution in [0.2, 0.25) is 0 Å². The van der Waals surface area contributed by atoms with Gasteiger partial charge in [-0.15, -0.1) is 0 Å². The number of Topliss-reactive ketones (excluding diaryl/α,β-unsaturated/α-hetero) is 1. The topological polar surface area (TPSA) is 66.6 Å². The van der Waals surface area contributed by atoms with Crippen LogP contribution in [0.3, 0.4) is 0 Å². The van der Waals surface area contributed by atoms with Crippen LogP contribution in [-0.2, 0) is 6.42 Å². The fourth-order valence-corrected chi connectivity index (χ4v) is 2.19. The molecule has 0 N–H and O–H groups in total. The first-order valence-electron chi connectivity index (χ1n) is 7.51. The number of hydrogen-bond acceptors (Lipinski definition) is 4. The van der Waals surface area contributed by atoms with E-state index in [-0.39, 0.29) is 11.7 Å². The summed E-state index contributed by atoms with van der Waals surface area (Å²) in [6.07, 6.45) is 3.13. The Bertz CT molecular complexity index is 731. The van der Waals surface area contributed by atoms with E-state index in [2.05, 4.69) is 16.0 Å². The summed E-state index contributed by atoms with van der Waals surface area (Å²) in [4.78, 5) is 21.3. The monoisotopic (exact) mass is 293 g/mol. The van der Waals surface area contributed by atoms with Crippen molar-refractivity contribution in [3.63, 3.8) is 0 Å². The minimum Gasteiger partial charge on any atom is -0.292 e. The van der Waals surface area contributed by atoms with Crippen LogP contribution in [0.15, 0.2) is 30.5 Å². The smallest absolute Gasteiger partial charge is 0.184 e. The zero-order chi connectivity index (χ0) is 16.1. The molecule has 4 heteroatoms. The van der Waals surface area contributed by atoms with E-state index in [9.17, 15) is 4.79 Å². The molecule has 0 fully saturated rings. The molecule has 22 heavy (non-hydrogen) atoms. The maximum absolute atomic E-state index is 12.5. The molecule has 2 aromatic rings. The van der Waals surface area contributed by atoms with Crippen molar-refractivity contribution < 1.29 is 4.79 Å². The molecule has 0 aliphatic heterocycles. The molecular weight excluding hydrogens is 274 g/mol. The van der Waals surface area contributed by atoms with Gasteiger partial charge >= 0.3 is 0 Å². The van der Waals surface area contributed by atoms with E-state index in [0.717, 1.165) is 18.4 Å². The normalized spacial score (nSPS) is 11.7. The maximum atomic E-state index is 12.5. The highest BCUT2D eigenvalue weighted by molar-refractivity contribution is 5.97. The van der Waals surface area contributed by atoms with Crippen molar-refractivity contribution in [3.05, 3.63) is 47.3 Å². The third kappa shape index (κ3) is 3.20. The largest absolute Gasteiger partial charge is 0.292 e. The highest BCUT2D eigenvalue weighted by Gasteiger charge is 2.19. The fraction of sp³-hybridized carbons (Fsp3) is 0.333. The van der Waals surface area contributed by atoms with E-state index in [1.165, 1.54) is 0 Å². The van der Waals surface area contributed by atoms with Crippen LogP contribution in [-0.4, -0.2) is 15.8 Å². The van der Waals surface area contributed by atoms with Gasteiger partial charge in [-0.05, 0) is 36.6 Å². The number of nitrogens with zero attached hydrogens (tertiary/aromatic N) is 3. The van der Waals surface area contributed by atoms with Crippen LogP contribution in [0.1, 0.15) is 48.8 Å². The number of hydrogen-bond donors (Lipinski definition) is 0. The number of ketones is 1. The molecule has 2 heterocycles. The maximum Gasteiger partial charge on any atom is 0.184 e. The Morgan fingerprint density at radius 1 is 1.27 bits per heavy atom. The van der Waals surface area contributed by atoms with Crippen molar-refractivity contribution in [2.45, 2.75) is 33.6 Å². The molecule has 0 aromatic carbocycles. The number of carbonyl (C=O) groups is 1. The van der Waals surface area contributed by atoms with E-state index in [1.54, 1.807) is 18.3 Å². The molecule has 0 spiro atoms. The number of carbonyl (C=O) groups excluding carboxylic acids is 1. The Morgan fingerprint density at radius 3 is 2.68 bits per heavy atom. The van der Waals surface area contributed by atoms with Crippen molar-refractivity contribution in [2.24, 2.45) is 5.92 Å². The van der Waals surface area contributed by atoms with Crippen molar-refractivity contribution >= 4 is 5.78 Å². The first kappa shape index (κ1) is 15.8. The van der Waals surface area contributed by atoms with E-state index >= 15 is 0 Å². The van der Waals surface area contributed by atoms with Crippen molar-refractivity contribution in [2.75, 3.05) is 0 Å². The molecular formula is C18H19N3O. The first-order chi connectivity index (χ1) is 10.6. The standard InChI is InChI=1S/C18H19N3O/c1-4-12(3)18(22)17-14(5-2)6-7-15(21-17)16-10-13(11-19)8-9-20-16/h6-10,12H,4-5H2,1-3H3. The van der Waals surface area contributed by atoms with Gasteiger partial charge in [-0.25, -0.2) is 4.98 Å². The Morgan fingerprint density at radius 2 is 2.05 bits per heavy atom. The zero-order valence-electron chi connectivity index (χ0n) is 13.1. The van der Waals surface area contributed by atoms with Gasteiger partial charge in [-0.2, -0.15) is 5.26 Å². The lowest BCUT2D eigenvalue weighted by Gasteiger charge is -2.12. The quantitative estimate of drug-likeness (QED) is 0.786. The third-order valence-corrected chi connectivity index (χ3v) is 3.80. The van der Waals surface area contributed by atoms with Gasteiger partial charge in [0.15, 0.2) is 5.78 Å². The molecule has 0 saturated carbocycles. The van der Waals surface area contributed by atoms with Gasteiger partial charge in [0.2, 0.25) is 0 Å². The minimum absolute atomic E-state index is 0.0496. The molecule has 0 radical (unpaired) electrons. The molecule has 1 atom stereocenters. The summed E-state index contributed by atoms with van der Waals surface area (Å²) in [6.45, 7) is 5.93. The minimum atomic E-state index is -0.0496. The molecule has 0 bridgehead atoms. The first-order valence-corrected chi connectivity index (χ1v) is 7.51. The third-order valence-electron chi connectivity index (χ3n) is 3.80. The molecule has 112 valence electrons. The second-order valence-electron chi connectivity index (χ2n) is 5.27. The molecule has 0 aliphatic carbocycles. The van der Waals surface area contributed by atoms with Gasteiger partial charge in [0.05, 0.1) is 23.0 Å². The predicted octanol–water partition coefficient (Wildman–Crippen LogP) is 3.81. The Balaban J connectivity index is 2.51. The molecule has 0 amide bonds. The number of pyridine rings is 2. The molecule has 0 saturated heterocycles. The van der Waals surface area contributed by atoms with Gasteiger partial charge in [-0.3, -0.25) is 9.78 Å². The fourth-order valence-electron chi connectivity index (χ4n) is 2.19. The lowest BCUT2D eigenvalue weighted by molar-refractivity contribution is 0.0921. The Hall–Kier alpha value is -2.54. The zero-order valence-corrected chi connectivity index (χ0v) is 13.1. The number of aryl methyl sites for hydroxylation is 1. The average molecular weight is 293 g/mol. The van der Waals surface area contributed by atoms with E-state index in [0.29, 0.717) is 22.6 Å². The summed E-state index contributed by atoms with van der Waals surface area (Å²) < 4.78 is 0. The summed E-state index contributed by atoms with van der Waals surface area (Å²) >= 11 is 0. The van der Waals surface area contributed by atoms with E-state index < -0.39 is 0 Å². The van der Waals surface area contributed by atoms with Gasteiger partial charge in [0.1, 0.15) is 5.69 Å². The van der Waals surface area contributed by atoms with Gasteiger partial charge < -0.3 is 0 Å². The Labute approximate surface area is 130 Å². The van der Waals surface area contributed by atoms with E-state index in [4.69, 9.17) is 5.26 Å². The number of rotatable bonds is 5. The summed E-state index contributed by atoms with van der Waals surface area (Å²) in [7, 11) is 0. The highest BCUT2D eigenvalue weighted by Crippen LogP contribution is 2.21. The molecule has 1 unspecified atom stereocenters. The Kier molecular flexibility index (Phi) is 5.00. The average Bonchev–Trinajstić information content (AvgIpc) is 2.59. The lowest BCUT2D eigenvalue weighted by Crippen LogP contribution is -2.15. The molecule has 4 nitrogen and oxygen atoms in total. The van der Waals surface area contributed by atoms with Crippen LogP contribution < -0.4 is 0 Å². The number of aromatic nitrogens is 2. The van der Waals surface area contributed by atoms with Crippen LogP contribution in [0, 0.1) is 17.2 Å². The van der Waals surface area contributed by atoms with Gasteiger partial charge in [0.25, 0.3) is 0 Å². The predicted molar refractivity (Wildman–Crippen MR) is 85.3 cm³/mol. The summed E-state index contributed by atoms with van der Waals surface area (Å²) in [5.41, 5.74) is 3.24.